The van der Waals surface area contributed by atoms with Crippen molar-refractivity contribution in [1.29, 1.82) is 0 Å². The smallest absolute Gasteiger partial charge is 0.250 e. The number of nitrogens with one attached hydrogen (secondary N) is 2. The molecule has 4 heteroatoms. The van der Waals surface area contributed by atoms with E-state index in [1.807, 2.05) is 0 Å². The Balaban J connectivity index is 2.06. The van der Waals surface area contributed by atoms with Crippen molar-refractivity contribution in [3.05, 3.63) is 0 Å². The van der Waals surface area contributed by atoms with Crippen LogP contribution >= 0.6 is 0 Å². The van der Waals surface area contributed by atoms with Gasteiger partial charge in [-0.3, -0.25) is 0 Å². The van der Waals surface area contributed by atoms with Gasteiger partial charge in [-0.15, -0.1) is 0 Å². The van der Waals surface area contributed by atoms with Gasteiger partial charge in [0.1, 0.15) is 0 Å². The Kier molecular flexibility index (Phi) is 3.88. The van der Waals surface area contributed by atoms with Crippen molar-refractivity contribution in [3.8, 4) is 0 Å². The average molecular weight is 178 g/mol. The van der Waals surface area contributed by atoms with Gasteiger partial charge in [0.25, 0.3) is 6.43 Å². The van der Waals surface area contributed by atoms with Gasteiger partial charge in [0, 0.05) is 6.04 Å². The summed E-state index contributed by atoms with van der Waals surface area (Å²) in [6.45, 7) is 3.64. The van der Waals surface area contributed by atoms with Crippen LogP contribution in [-0.2, 0) is 0 Å². The Morgan fingerprint density at radius 3 is 2.83 bits per heavy atom. The molecule has 0 aromatic heterocycles. The molecule has 0 aromatic carbocycles. The normalized spacial score (nSPS) is 30.0. The van der Waals surface area contributed by atoms with Crippen LogP contribution in [0.1, 0.15) is 13.3 Å². The molecule has 1 rings (SSSR count). The van der Waals surface area contributed by atoms with Gasteiger partial charge < -0.3 is 10.6 Å². The standard InChI is InChI=1S/C8H16F2N2/c1-6-7(2-3-12-6)4-11-5-8(9)10/h6-8,11-12H,2-5H2,1H3. The summed E-state index contributed by atoms with van der Waals surface area (Å²) in [6, 6.07) is 0.468. The largest absolute Gasteiger partial charge is 0.314 e. The van der Waals surface area contributed by atoms with Crippen molar-refractivity contribution in [2.75, 3.05) is 19.6 Å². The molecule has 0 spiro atoms. The highest BCUT2D eigenvalue weighted by molar-refractivity contribution is 4.81. The monoisotopic (exact) mass is 178 g/mol. The molecule has 0 aliphatic carbocycles. The lowest BCUT2D eigenvalue weighted by atomic mass is 10.0. The predicted molar refractivity (Wildman–Crippen MR) is 44.4 cm³/mol. The molecular weight excluding hydrogens is 162 g/mol. The Bertz CT molecular complexity index is 130. The van der Waals surface area contributed by atoms with Crippen molar-refractivity contribution in [2.45, 2.75) is 25.8 Å². The maximum atomic E-state index is 11.7. The van der Waals surface area contributed by atoms with E-state index in [1.165, 1.54) is 0 Å². The molecule has 2 nitrogen and oxygen atoms in total. The number of hydrogen-bond donors (Lipinski definition) is 2. The molecule has 0 amide bonds. The molecule has 1 fully saturated rings. The molecule has 1 saturated heterocycles. The molecule has 0 aromatic rings. The zero-order valence-corrected chi connectivity index (χ0v) is 7.32. The van der Waals surface area contributed by atoms with Gasteiger partial charge >= 0.3 is 0 Å². The fourth-order valence-electron chi connectivity index (χ4n) is 1.57. The van der Waals surface area contributed by atoms with E-state index in [2.05, 4.69) is 17.6 Å². The highest BCUT2D eigenvalue weighted by atomic mass is 19.3. The van der Waals surface area contributed by atoms with Crippen molar-refractivity contribution < 1.29 is 8.78 Å². The van der Waals surface area contributed by atoms with E-state index in [1.54, 1.807) is 0 Å². The van der Waals surface area contributed by atoms with Crippen molar-refractivity contribution >= 4 is 0 Å². The van der Waals surface area contributed by atoms with Gasteiger partial charge in [-0.1, -0.05) is 0 Å². The third-order valence-corrected chi connectivity index (χ3v) is 2.39. The van der Waals surface area contributed by atoms with Gasteiger partial charge in [0.05, 0.1) is 6.54 Å². The lowest BCUT2D eigenvalue weighted by molar-refractivity contribution is 0.144. The lowest BCUT2D eigenvalue weighted by Gasteiger charge is -2.15. The second-order valence-electron chi connectivity index (χ2n) is 3.34. The molecule has 72 valence electrons. The maximum absolute atomic E-state index is 11.7. The van der Waals surface area contributed by atoms with Crippen molar-refractivity contribution in [3.63, 3.8) is 0 Å². The minimum absolute atomic E-state index is 0.177. The van der Waals surface area contributed by atoms with Crippen LogP contribution in [0.4, 0.5) is 8.78 Å². The summed E-state index contributed by atoms with van der Waals surface area (Å²) in [5, 5.41) is 6.05. The minimum atomic E-state index is -2.23. The second kappa shape index (κ2) is 4.72. The highest BCUT2D eigenvalue weighted by Gasteiger charge is 2.22. The van der Waals surface area contributed by atoms with Crippen LogP contribution in [0.3, 0.4) is 0 Å². The molecule has 0 saturated carbocycles. The zero-order chi connectivity index (χ0) is 8.97. The Morgan fingerprint density at radius 1 is 1.58 bits per heavy atom. The average Bonchev–Trinajstić information content (AvgIpc) is 2.36. The molecule has 0 bridgehead atoms. The van der Waals surface area contributed by atoms with E-state index < -0.39 is 6.43 Å². The van der Waals surface area contributed by atoms with E-state index in [0.717, 1.165) is 13.0 Å². The number of rotatable bonds is 4. The second-order valence-corrected chi connectivity index (χ2v) is 3.34. The molecule has 2 N–H and O–H groups in total. The summed E-state index contributed by atoms with van der Waals surface area (Å²) >= 11 is 0. The third-order valence-electron chi connectivity index (χ3n) is 2.39. The van der Waals surface area contributed by atoms with Crippen LogP contribution in [0.15, 0.2) is 0 Å². The maximum Gasteiger partial charge on any atom is 0.250 e. The zero-order valence-electron chi connectivity index (χ0n) is 7.32. The Hall–Kier alpha value is -0.220. The first-order chi connectivity index (χ1) is 5.70. The lowest BCUT2D eigenvalue weighted by Crippen LogP contribution is -2.33. The number of alkyl halides is 2. The van der Waals surface area contributed by atoms with E-state index in [-0.39, 0.29) is 6.54 Å². The molecule has 0 radical (unpaired) electrons. The van der Waals surface area contributed by atoms with Crippen LogP contribution < -0.4 is 10.6 Å². The molecule has 1 aliphatic rings. The molecule has 2 unspecified atom stereocenters. The first-order valence-corrected chi connectivity index (χ1v) is 4.42. The van der Waals surface area contributed by atoms with Crippen LogP contribution in [0.5, 0.6) is 0 Å². The van der Waals surface area contributed by atoms with E-state index in [0.29, 0.717) is 18.5 Å². The van der Waals surface area contributed by atoms with Crippen LogP contribution in [0, 0.1) is 5.92 Å². The van der Waals surface area contributed by atoms with Crippen LogP contribution in [0.2, 0.25) is 0 Å². The van der Waals surface area contributed by atoms with E-state index in [9.17, 15) is 8.78 Å². The third kappa shape index (κ3) is 3.03. The van der Waals surface area contributed by atoms with Gasteiger partial charge in [0.2, 0.25) is 0 Å². The first-order valence-electron chi connectivity index (χ1n) is 4.42. The fourth-order valence-corrected chi connectivity index (χ4v) is 1.57. The predicted octanol–water partition coefficient (Wildman–Crippen LogP) is 0.839. The summed E-state index contributed by atoms with van der Waals surface area (Å²) in [6.07, 6.45) is -1.13. The summed E-state index contributed by atoms with van der Waals surface area (Å²) in [5.74, 6) is 0.517. The molecule has 2 atom stereocenters. The molecule has 1 aliphatic heterocycles. The van der Waals surface area contributed by atoms with Crippen LogP contribution in [0.25, 0.3) is 0 Å². The molecule has 1 heterocycles. The van der Waals surface area contributed by atoms with E-state index >= 15 is 0 Å². The summed E-state index contributed by atoms with van der Waals surface area (Å²) in [7, 11) is 0. The van der Waals surface area contributed by atoms with E-state index in [4.69, 9.17) is 0 Å². The quantitative estimate of drug-likeness (QED) is 0.666. The summed E-state index contributed by atoms with van der Waals surface area (Å²) < 4.78 is 23.5. The Labute approximate surface area is 71.7 Å². The molecule has 12 heavy (non-hydrogen) atoms. The summed E-state index contributed by atoms with van der Waals surface area (Å²) in [5.41, 5.74) is 0. The Morgan fingerprint density at radius 2 is 2.33 bits per heavy atom. The molecular formula is C8H16F2N2. The minimum Gasteiger partial charge on any atom is -0.314 e. The van der Waals surface area contributed by atoms with Crippen molar-refractivity contribution in [1.82, 2.24) is 10.6 Å². The van der Waals surface area contributed by atoms with Crippen LogP contribution in [-0.4, -0.2) is 32.1 Å². The SMILES string of the molecule is CC1NCCC1CNCC(F)F. The fraction of sp³-hybridized carbons (Fsp3) is 1.00. The van der Waals surface area contributed by atoms with Crippen molar-refractivity contribution in [2.24, 2.45) is 5.92 Å². The first kappa shape index (κ1) is 9.86. The van der Waals surface area contributed by atoms with Gasteiger partial charge in [-0.25, -0.2) is 8.78 Å². The van der Waals surface area contributed by atoms with Gasteiger partial charge in [0.15, 0.2) is 0 Å². The number of halogens is 2. The number of hydrogen-bond acceptors (Lipinski definition) is 2. The van der Waals surface area contributed by atoms with Gasteiger partial charge in [-0.05, 0) is 32.4 Å². The summed E-state index contributed by atoms with van der Waals surface area (Å²) in [4.78, 5) is 0. The highest BCUT2D eigenvalue weighted by Crippen LogP contribution is 2.13. The van der Waals surface area contributed by atoms with Gasteiger partial charge in [-0.2, -0.15) is 0 Å². The topological polar surface area (TPSA) is 24.1 Å².